The Balaban J connectivity index is 4.37. The number of aliphatic carboxylic acids is 1. The molecule has 9 nitrogen and oxygen atoms in total. The van der Waals surface area contributed by atoms with Gasteiger partial charge in [0.15, 0.2) is 6.10 Å². The van der Waals surface area contributed by atoms with E-state index in [0.717, 1.165) is 64.2 Å². The maximum absolute atomic E-state index is 12.8. The van der Waals surface area contributed by atoms with E-state index in [-0.39, 0.29) is 32.2 Å². The van der Waals surface area contributed by atoms with E-state index in [0.29, 0.717) is 23.9 Å². The third-order valence-corrected chi connectivity index (χ3v) is 10.4. The van der Waals surface area contributed by atoms with Gasteiger partial charge < -0.3 is 28.5 Å². The van der Waals surface area contributed by atoms with Gasteiger partial charge in [0.05, 0.1) is 34.4 Å². The second-order valence-electron chi connectivity index (χ2n) is 17.4. The van der Waals surface area contributed by atoms with Gasteiger partial charge in [-0.1, -0.05) is 159 Å². The maximum atomic E-state index is 12.8. The first kappa shape index (κ1) is 56.5. The van der Waals surface area contributed by atoms with Crippen LogP contribution >= 0.6 is 0 Å². The number of carbonyl (C=O) groups excluding carboxylic acids is 2. The minimum atomic E-state index is -1.51. The summed E-state index contributed by atoms with van der Waals surface area (Å²) in [5.41, 5.74) is 0. The van der Waals surface area contributed by atoms with Gasteiger partial charge in [-0.15, -0.1) is 0 Å². The highest BCUT2D eigenvalue weighted by Crippen LogP contribution is 2.14. The molecule has 0 saturated heterocycles. The molecule has 0 spiro atoms. The lowest BCUT2D eigenvalue weighted by Gasteiger charge is -2.25. The van der Waals surface area contributed by atoms with Crippen molar-refractivity contribution in [2.45, 2.75) is 219 Å². The second-order valence-corrected chi connectivity index (χ2v) is 17.4. The van der Waals surface area contributed by atoms with Crippen LogP contribution < -0.4 is 0 Å². The first-order valence-electron chi connectivity index (χ1n) is 24.2. The summed E-state index contributed by atoms with van der Waals surface area (Å²) in [5.74, 6) is -2.02. The molecule has 2 unspecified atom stereocenters. The monoisotopic (exact) mass is 835 g/mol. The van der Waals surface area contributed by atoms with Gasteiger partial charge in [-0.05, 0) is 70.6 Å². The molecule has 1 N–H and O–H groups in total. The number of esters is 2. The van der Waals surface area contributed by atoms with Crippen LogP contribution in [0.15, 0.2) is 36.5 Å². The molecule has 9 heteroatoms. The highest BCUT2D eigenvalue weighted by atomic mass is 16.7. The Morgan fingerprint density at radius 3 is 1.37 bits per heavy atom. The fourth-order valence-electron chi connectivity index (χ4n) is 6.57. The number of quaternary nitrogens is 1. The molecule has 59 heavy (non-hydrogen) atoms. The van der Waals surface area contributed by atoms with E-state index < -0.39 is 24.3 Å². The minimum absolute atomic E-state index is 0.185. The fourth-order valence-corrected chi connectivity index (χ4v) is 6.57. The number of carboxylic acid groups (broad SMARTS) is 1. The number of likely N-dealkylation sites (N-methyl/N-ethyl adjacent to an activating group) is 1. The van der Waals surface area contributed by atoms with Crippen LogP contribution in [0.4, 0.5) is 0 Å². The summed E-state index contributed by atoms with van der Waals surface area (Å²) in [7, 11) is 5.95. The Morgan fingerprint density at radius 1 is 0.508 bits per heavy atom. The van der Waals surface area contributed by atoms with E-state index in [1.54, 1.807) is 0 Å². The van der Waals surface area contributed by atoms with Gasteiger partial charge in [-0.25, -0.2) is 4.79 Å². The summed E-state index contributed by atoms with van der Waals surface area (Å²) in [4.78, 5) is 37.2. The second kappa shape index (κ2) is 42.2. The van der Waals surface area contributed by atoms with Crippen molar-refractivity contribution in [3.63, 3.8) is 0 Å². The maximum Gasteiger partial charge on any atom is 0.361 e. The molecule has 0 aromatic carbocycles. The molecule has 0 aliphatic carbocycles. The number of hydrogen-bond donors (Lipinski definition) is 1. The molecule has 0 amide bonds. The summed E-state index contributed by atoms with van der Waals surface area (Å²) in [5, 5.41) is 9.64. The van der Waals surface area contributed by atoms with Crippen molar-refractivity contribution in [3.8, 4) is 0 Å². The van der Waals surface area contributed by atoms with Gasteiger partial charge in [-0.3, -0.25) is 9.59 Å². The zero-order chi connectivity index (χ0) is 43.5. The van der Waals surface area contributed by atoms with Crippen molar-refractivity contribution >= 4 is 17.9 Å². The quantitative estimate of drug-likeness (QED) is 0.0213. The highest BCUT2D eigenvalue weighted by Gasteiger charge is 2.25. The van der Waals surface area contributed by atoms with Crippen molar-refractivity contribution in [1.29, 1.82) is 0 Å². The van der Waals surface area contributed by atoms with Crippen LogP contribution in [0.5, 0.6) is 0 Å². The highest BCUT2D eigenvalue weighted by molar-refractivity contribution is 5.71. The summed E-state index contributed by atoms with van der Waals surface area (Å²) in [6.07, 6.45) is 44.9. The summed E-state index contributed by atoms with van der Waals surface area (Å²) >= 11 is 0. The molecule has 0 aliphatic heterocycles. The standard InChI is InChI=1S/C50H91NO8/c1-6-8-10-12-14-16-18-20-21-22-23-24-25-26-27-29-31-33-35-37-39-41-48(53)59-46(45-58-50(49(54)55)56-43-42-51(3,4)5)44-57-47(52)40-38-36-34-32-30-28-19-17-15-13-11-9-7-2/h17-20,22-23,46,50H,6-16,21,24-45H2,1-5H3/p+1/b19-17-,20-18-,23-22-. The van der Waals surface area contributed by atoms with Crippen LogP contribution in [0.25, 0.3) is 0 Å². The van der Waals surface area contributed by atoms with E-state index in [4.69, 9.17) is 18.9 Å². The number of carbonyl (C=O) groups is 3. The van der Waals surface area contributed by atoms with E-state index in [1.165, 1.54) is 109 Å². The topological polar surface area (TPSA) is 108 Å². The first-order chi connectivity index (χ1) is 28.6. The number of carboxylic acids is 1. The smallest absolute Gasteiger partial charge is 0.361 e. The van der Waals surface area contributed by atoms with Crippen LogP contribution in [0.1, 0.15) is 206 Å². The van der Waals surface area contributed by atoms with Crippen molar-refractivity contribution in [2.75, 3.05) is 47.5 Å². The Bertz CT molecular complexity index is 1070. The number of unbranched alkanes of at least 4 members (excludes halogenated alkanes) is 23. The van der Waals surface area contributed by atoms with E-state index >= 15 is 0 Å². The number of hydrogen-bond acceptors (Lipinski definition) is 7. The van der Waals surface area contributed by atoms with Gasteiger partial charge in [0.25, 0.3) is 6.29 Å². The lowest BCUT2D eigenvalue weighted by atomic mass is 10.1. The normalized spacial score (nSPS) is 13.2. The molecular formula is C50H92NO8+. The molecule has 0 saturated carbocycles. The zero-order valence-corrected chi connectivity index (χ0v) is 38.9. The average Bonchev–Trinajstić information content (AvgIpc) is 3.19. The average molecular weight is 835 g/mol. The van der Waals surface area contributed by atoms with E-state index in [2.05, 4.69) is 50.3 Å². The molecule has 0 radical (unpaired) electrons. The molecule has 0 aromatic heterocycles. The number of allylic oxidation sites excluding steroid dienone is 6. The summed E-state index contributed by atoms with van der Waals surface area (Å²) in [6, 6.07) is 0. The number of nitrogens with zero attached hydrogens (tertiary/aromatic N) is 1. The Morgan fingerprint density at radius 2 is 0.915 bits per heavy atom. The van der Waals surface area contributed by atoms with Crippen molar-refractivity contribution < 1.29 is 42.9 Å². The van der Waals surface area contributed by atoms with Crippen LogP contribution in [0.3, 0.4) is 0 Å². The molecule has 344 valence electrons. The van der Waals surface area contributed by atoms with Crippen molar-refractivity contribution in [2.24, 2.45) is 0 Å². The van der Waals surface area contributed by atoms with Gasteiger partial charge in [0, 0.05) is 12.8 Å². The molecule has 0 aliphatic rings. The number of rotatable bonds is 44. The largest absolute Gasteiger partial charge is 0.477 e. The Hall–Kier alpha value is -2.49. The Labute approximate surface area is 362 Å². The molecule has 0 heterocycles. The molecule has 0 bridgehead atoms. The zero-order valence-electron chi connectivity index (χ0n) is 38.9. The van der Waals surface area contributed by atoms with Gasteiger partial charge in [0.1, 0.15) is 13.2 Å². The molecular weight excluding hydrogens is 743 g/mol. The Kier molecular flexibility index (Phi) is 40.4. The third-order valence-electron chi connectivity index (χ3n) is 10.4. The van der Waals surface area contributed by atoms with Crippen LogP contribution in [-0.4, -0.2) is 87.4 Å². The third kappa shape index (κ3) is 43.4. The van der Waals surface area contributed by atoms with Crippen molar-refractivity contribution in [3.05, 3.63) is 36.5 Å². The summed E-state index contributed by atoms with van der Waals surface area (Å²) < 4.78 is 22.7. The van der Waals surface area contributed by atoms with Crippen LogP contribution in [-0.2, 0) is 33.3 Å². The first-order valence-corrected chi connectivity index (χ1v) is 24.2. The molecule has 0 fully saturated rings. The van der Waals surface area contributed by atoms with Crippen LogP contribution in [0.2, 0.25) is 0 Å². The molecule has 0 aromatic rings. The fraction of sp³-hybridized carbons (Fsp3) is 0.820. The molecule has 2 atom stereocenters. The predicted octanol–water partition coefficient (Wildman–Crippen LogP) is 13.0. The van der Waals surface area contributed by atoms with E-state index in [9.17, 15) is 19.5 Å². The lowest BCUT2D eigenvalue weighted by molar-refractivity contribution is -0.870. The van der Waals surface area contributed by atoms with E-state index in [1.807, 2.05) is 21.1 Å². The SMILES string of the molecule is CCCCCC/C=C\CCCCCCCC(=O)OCC(COC(OCC[N+](C)(C)C)C(=O)O)OC(=O)CCCCCCCCCCC/C=C\C/C=C\CCCCCCC. The minimum Gasteiger partial charge on any atom is -0.477 e. The predicted molar refractivity (Wildman–Crippen MR) is 244 cm³/mol. The van der Waals surface area contributed by atoms with Gasteiger partial charge in [-0.2, -0.15) is 0 Å². The molecule has 0 rings (SSSR count). The summed E-state index contributed by atoms with van der Waals surface area (Å²) in [6.45, 7) is 4.84. The van der Waals surface area contributed by atoms with Gasteiger partial charge in [0.2, 0.25) is 0 Å². The lowest BCUT2D eigenvalue weighted by Crippen LogP contribution is -2.40. The van der Waals surface area contributed by atoms with Gasteiger partial charge >= 0.3 is 17.9 Å². The van der Waals surface area contributed by atoms with Crippen LogP contribution in [0, 0.1) is 0 Å². The number of ether oxygens (including phenoxy) is 4. The van der Waals surface area contributed by atoms with Crippen molar-refractivity contribution in [1.82, 2.24) is 0 Å².